The van der Waals surface area contributed by atoms with Gasteiger partial charge in [0.1, 0.15) is 5.75 Å². The van der Waals surface area contributed by atoms with Gasteiger partial charge in [-0.15, -0.1) is 0 Å². The Morgan fingerprint density at radius 3 is 2.41 bits per heavy atom. The number of para-hydroxylation sites is 3. The summed E-state index contributed by atoms with van der Waals surface area (Å²) in [6, 6.07) is 26.2. The standard InChI is InChI=1S/C29H29N3O2/c1-3-34-28-15-9-8-14-27(28)31-16-18-32(19-17-31)29(33)24-20-26(22-11-5-4-10-21(22)2)30-25-13-7-6-12-23(24)25/h4-15,20H,3,16-19H2,1-2H3. The molecule has 1 saturated heterocycles. The molecule has 1 aromatic heterocycles. The zero-order valence-corrected chi connectivity index (χ0v) is 19.7. The number of fused-ring (bicyclic) bond motifs is 1. The molecule has 1 aliphatic rings. The highest BCUT2D eigenvalue weighted by Gasteiger charge is 2.25. The smallest absolute Gasteiger partial charge is 0.254 e. The van der Waals surface area contributed by atoms with Crippen molar-refractivity contribution in [2.75, 3.05) is 37.7 Å². The molecule has 0 spiro atoms. The van der Waals surface area contributed by atoms with E-state index in [9.17, 15) is 4.79 Å². The van der Waals surface area contributed by atoms with E-state index in [1.54, 1.807) is 0 Å². The van der Waals surface area contributed by atoms with Crippen molar-refractivity contribution < 1.29 is 9.53 Å². The largest absolute Gasteiger partial charge is 0.492 e. The number of nitrogens with zero attached hydrogens (tertiary/aromatic N) is 3. The molecule has 0 aliphatic carbocycles. The molecule has 172 valence electrons. The van der Waals surface area contributed by atoms with E-state index in [1.807, 2.05) is 72.5 Å². The van der Waals surface area contributed by atoms with E-state index in [2.05, 4.69) is 30.0 Å². The van der Waals surface area contributed by atoms with Crippen molar-refractivity contribution in [1.29, 1.82) is 0 Å². The molecule has 0 atom stereocenters. The van der Waals surface area contributed by atoms with Crippen molar-refractivity contribution >= 4 is 22.5 Å². The van der Waals surface area contributed by atoms with Crippen LogP contribution in [0.15, 0.2) is 78.9 Å². The van der Waals surface area contributed by atoms with Crippen LogP contribution in [0.3, 0.4) is 0 Å². The maximum absolute atomic E-state index is 13.7. The highest BCUT2D eigenvalue weighted by molar-refractivity contribution is 6.07. The highest BCUT2D eigenvalue weighted by atomic mass is 16.5. The number of carbonyl (C=O) groups is 1. The summed E-state index contributed by atoms with van der Waals surface area (Å²) in [4.78, 5) is 22.9. The number of aryl methyl sites for hydroxylation is 1. The first-order valence-corrected chi connectivity index (χ1v) is 11.9. The van der Waals surface area contributed by atoms with Crippen LogP contribution in [0.1, 0.15) is 22.8 Å². The van der Waals surface area contributed by atoms with Gasteiger partial charge in [-0.05, 0) is 43.7 Å². The molecule has 1 aliphatic heterocycles. The maximum Gasteiger partial charge on any atom is 0.254 e. The molecule has 1 amide bonds. The molecule has 5 heteroatoms. The third kappa shape index (κ3) is 4.21. The third-order valence-electron chi connectivity index (χ3n) is 6.44. The van der Waals surface area contributed by atoms with Gasteiger partial charge in [-0.25, -0.2) is 4.98 Å². The van der Waals surface area contributed by atoms with Crippen molar-refractivity contribution in [2.45, 2.75) is 13.8 Å². The number of benzene rings is 3. The Hall–Kier alpha value is -3.86. The van der Waals surface area contributed by atoms with E-state index in [4.69, 9.17) is 9.72 Å². The number of piperazine rings is 1. The zero-order chi connectivity index (χ0) is 23.5. The van der Waals surface area contributed by atoms with Crippen LogP contribution in [0, 0.1) is 6.92 Å². The summed E-state index contributed by atoms with van der Waals surface area (Å²) in [6.45, 7) is 7.57. The Labute approximate surface area is 200 Å². The lowest BCUT2D eigenvalue weighted by molar-refractivity contribution is 0.0748. The fraction of sp³-hybridized carbons (Fsp3) is 0.241. The molecule has 34 heavy (non-hydrogen) atoms. The molecule has 1 fully saturated rings. The van der Waals surface area contributed by atoms with E-state index in [0.717, 1.165) is 52.3 Å². The molecule has 4 aromatic rings. The summed E-state index contributed by atoms with van der Waals surface area (Å²) in [5.41, 5.74) is 5.69. The van der Waals surface area contributed by atoms with E-state index in [-0.39, 0.29) is 5.91 Å². The molecular formula is C29H29N3O2. The predicted octanol–water partition coefficient (Wildman–Crippen LogP) is 5.57. The van der Waals surface area contributed by atoms with Gasteiger partial charge in [-0.3, -0.25) is 4.79 Å². The van der Waals surface area contributed by atoms with E-state index in [1.165, 1.54) is 0 Å². The van der Waals surface area contributed by atoms with Crippen LogP contribution in [0.25, 0.3) is 22.2 Å². The van der Waals surface area contributed by atoms with Crippen LogP contribution in [0.5, 0.6) is 5.75 Å². The van der Waals surface area contributed by atoms with Crippen LogP contribution < -0.4 is 9.64 Å². The van der Waals surface area contributed by atoms with Crippen molar-refractivity contribution in [3.63, 3.8) is 0 Å². The summed E-state index contributed by atoms with van der Waals surface area (Å²) >= 11 is 0. The minimum atomic E-state index is 0.0613. The maximum atomic E-state index is 13.7. The molecule has 3 aromatic carbocycles. The van der Waals surface area contributed by atoms with E-state index in [0.29, 0.717) is 25.3 Å². The Kier molecular flexibility index (Phi) is 6.17. The zero-order valence-electron chi connectivity index (χ0n) is 19.7. The number of aromatic nitrogens is 1. The number of rotatable bonds is 5. The van der Waals surface area contributed by atoms with Gasteiger partial charge in [0.05, 0.1) is 29.1 Å². The van der Waals surface area contributed by atoms with Crippen LogP contribution in [-0.2, 0) is 0 Å². The lowest BCUT2D eigenvalue weighted by Crippen LogP contribution is -2.49. The topological polar surface area (TPSA) is 45.7 Å². The summed E-state index contributed by atoms with van der Waals surface area (Å²) < 4.78 is 5.82. The van der Waals surface area contributed by atoms with Gasteiger partial charge in [-0.2, -0.15) is 0 Å². The number of hydrogen-bond donors (Lipinski definition) is 0. The van der Waals surface area contributed by atoms with Crippen LogP contribution in [0.2, 0.25) is 0 Å². The monoisotopic (exact) mass is 451 g/mol. The quantitative estimate of drug-likeness (QED) is 0.398. The second-order valence-electron chi connectivity index (χ2n) is 8.57. The first-order valence-electron chi connectivity index (χ1n) is 11.9. The molecule has 2 heterocycles. The van der Waals surface area contributed by atoms with Gasteiger partial charge < -0.3 is 14.5 Å². The molecule has 0 unspecified atom stereocenters. The summed E-state index contributed by atoms with van der Waals surface area (Å²) in [5.74, 6) is 0.957. The lowest BCUT2D eigenvalue weighted by atomic mass is 10.00. The minimum Gasteiger partial charge on any atom is -0.492 e. The SMILES string of the molecule is CCOc1ccccc1N1CCN(C(=O)c2cc(-c3ccccc3C)nc3ccccc23)CC1. The number of ether oxygens (including phenoxy) is 1. The fourth-order valence-electron chi connectivity index (χ4n) is 4.67. The van der Waals surface area contributed by atoms with Gasteiger partial charge in [0, 0.05) is 37.1 Å². The molecule has 0 saturated carbocycles. The highest BCUT2D eigenvalue weighted by Crippen LogP contribution is 2.30. The molecular weight excluding hydrogens is 422 g/mol. The second kappa shape index (κ2) is 9.56. The van der Waals surface area contributed by atoms with E-state index < -0.39 is 0 Å². The van der Waals surface area contributed by atoms with Crippen LogP contribution >= 0.6 is 0 Å². The van der Waals surface area contributed by atoms with Crippen molar-refractivity contribution in [3.8, 4) is 17.0 Å². The summed E-state index contributed by atoms with van der Waals surface area (Å²) in [7, 11) is 0. The van der Waals surface area contributed by atoms with E-state index >= 15 is 0 Å². The van der Waals surface area contributed by atoms with Crippen molar-refractivity contribution in [3.05, 3.63) is 90.0 Å². The van der Waals surface area contributed by atoms with Gasteiger partial charge in [0.15, 0.2) is 0 Å². The predicted molar refractivity (Wildman–Crippen MR) is 138 cm³/mol. The van der Waals surface area contributed by atoms with Gasteiger partial charge in [-0.1, -0.05) is 54.6 Å². The second-order valence-corrected chi connectivity index (χ2v) is 8.57. The number of amides is 1. The number of carbonyl (C=O) groups excluding carboxylic acids is 1. The number of hydrogen-bond acceptors (Lipinski definition) is 4. The Morgan fingerprint density at radius 1 is 0.912 bits per heavy atom. The summed E-state index contributed by atoms with van der Waals surface area (Å²) in [6.07, 6.45) is 0. The van der Waals surface area contributed by atoms with Gasteiger partial charge in [0.2, 0.25) is 0 Å². The van der Waals surface area contributed by atoms with Gasteiger partial charge >= 0.3 is 0 Å². The molecule has 0 N–H and O–H groups in total. The number of pyridine rings is 1. The molecule has 0 radical (unpaired) electrons. The van der Waals surface area contributed by atoms with Crippen LogP contribution in [0.4, 0.5) is 5.69 Å². The number of anilines is 1. The normalized spacial score (nSPS) is 13.8. The lowest BCUT2D eigenvalue weighted by Gasteiger charge is -2.37. The van der Waals surface area contributed by atoms with Crippen LogP contribution in [-0.4, -0.2) is 48.6 Å². The summed E-state index contributed by atoms with van der Waals surface area (Å²) in [5, 5.41) is 0.897. The average molecular weight is 452 g/mol. The first kappa shape index (κ1) is 22.0. The fourth-order valence-corrected chi connectivity index (χ4v) is 4.67. The van der Waals surface area contributed by atoms with Crippen molar-refractivity contribution in [1.82, 2.24) is 9.88 Å². The van der Waals surface area contributed by atoms with Gasteiger partial charge in [0.25, 0.3) is 5.91 Å². The Morgan fingerprint density at radius 2 is 1.62 bits per heavy atom. The molecule has 5 rings (SSSR count). The Bertz CT molecular complexity index is 1330. The Balaban J connectivity index is 1.43. The molecule has 0 bridgehead atoms. The molecule has 5 nitrogen and oxygen atoms in total. The third-order valence-corrected chi connectivity index (χ3v) is 6.44. The van der Waals surface area contributed by atoms with Crippen molar-refractivity contribution in [2.24, 2.45) is 0 Å². The average Bonchev–Trinajstić information content (AvgIpc) is 2.88. The first-order chi connectivity index (χ1) is 16.7. The minimum absolute atomic E-state index is 0.0613.